The van der Waals surface area contributed by atoms with Crippen molar-refractivity contribution in [1.29, 1.82) is 0 Å². The van der Waals surface area contributed by atoms with Gasteiger partial charge in [0.05, 0.1) is 18.5 Å². The summed E-state index contributed by atoms with van der Waals surface area (Å²) in [5.41, 5.74) is 1.36. The maximum atomic E-state index is 12.1. The summed E-state index contributed by atoms with van der Waals surface area (Å²) in [6.45, 7) is -0.0771. The molecule has 2 aliphatic carbocycles. The number of aliphatic hydroxyl groups is 1. The van der Waals surface area contributed by atoms with Gasteiger partial charge in [-0.25, -0.2) is 0 Å². The van der Waals surface area contributed by atoms with Crippen molar-refractivity contribution in [2.45, 2.75) is 38.7 Å². The van der Waals surface area contributed by atoms with E-state index in [1.165, 1.54) is 25.7 Å². The summed E-state index contributed by atoms with van der Waals surface area (Å²) >= 11 is 0. The molecule has 2 saturated carbocycles. The normalized spacial score (nSPS) is 28.6. The summed E-state index contributed by atoms with van der Waals surface area (Å²) in [6, 6.07) is 1.73. The minimum absolute atomic E-state index is 0.0558. The predicted molar refractivity (Wildman–Crippen MR) is 72.3 cm³/mol. The van der Waals surface area contributed by atoms with Crippen molar-refractivity contribution in [1.82, 2.24) is 4.98 Å². The van der Waals surface area contributed by atoms with Gasteiger partial charge in [-0.3, -0.25) is 9.78 Å². The van der Waals surface area contributed by atoms with Gasteiger partial charge in [0.25, 0.3) is 0 Å². The molecule has 0 aliphatic heterocycles. The monoisotopic (exact) mass is 260 g/mol. The number of fused-ring (bicyclic) bond motifs is 2. The van der Waals surface area contributed by atoms with E-state index < -0.39 is 0 Å². The molecule has 1 aromatic rings. The highest BCUT2D eigenvalue weighted by Gasteiger charge is 2.40. The van der Waals surface area contributed by atoms with Crippen molar-refractivity contribution in [3.8, 4) is 0 Å². The van der Waals surface area contributed by atoms with E-state index in [4.69, 9.17) is 0 Å². The predicted octanol–water partition coefficient (Wildman–Crippen LogP) is 2.34. The SMILES string of the molecule is O=C(CC1CC2CCC1C2)Nc1cnccc1CO. The Morgan fingerprint density at radius 2 is 2.32 bits per heavy atom. The van der Waals surface area contributed by atoms with Crippen LogP contribution in [-0.4, -0.2) is 16.0 Å². The van der Waals surface area contributed by atoms with Crippen molar-refractivity contribution in [2.24, 2.45) is 17.8 Å². The lowest BCUT2D eigenvalue weighted by molar-refractivity contribution is -0.117. The topological polar surface area (TPSA) is 62.2 Å². The Bertz CT molecular complexity index is 475. The summed E-state index contributed by atoms with van der Waals surface area (Å²) in [4.78, 5) is 16.1. The molecule has 1 heterocycles. The van der Waals surface area contributed by atoms with Crippen LogP contribution in [0, 0.1) is 17.8 Å². The molecule has 0 spiro atoms. The maximum Gasteiger partial charge on any atom is 0.224 e. The van der Waals surface area contributed by atoms with Gasteiger partial charge in [0.2, 0.25) is 5.91 Å². The molecular formula is C15H20N2O2. The number of amides is 1. The zero-order chi connectivity index (χ0) is 13.2. The first-order valence-corrected chi connectivity index (χ1v) is 7.10. The minimum Gasteiger partial charge on any atom is -0.392 e. The van der Waals surface area contributed by atoms with Gasteiger partial charge in [-0.15, -0.1) is 0 Å². The Hall–Kier alpha value is -1.42. The Morgan fingerprint density at radius 3 is 3.00 bits per heavy atom. The molecule has 19 heavy (non-hydrogen) atoms. The summed E-state index contributed by atoms with van der Waals surface area (Å²) in [6.07, 6.45) is 9.05. The zero-order valence-electron chi connectivity index (χ0n) is 11.0. The fraction of sp³-hybridized carbons (Fsp3) is 0.600. The molecule has 3 rings (SSSR count). The fourth-order valence-electron chi connectivity index (χ4n) is 3.74. The molecule has 0 radical (unpaired) electrons. The Morgan fingerprint density at radius 1 is 1.42 bits per heavy atom. The molecule has 0 saturated heterocycles. The van der Waals surface area contributed by atoms with E-state index in [2.05, 4.69) is 10.3 Å². The molecule has 0 aromatic carbocycles. The van der Waals surface area contributed by atoms with Crippen molar-refractivity contribution >= 4 is 11.6 Å². The van der Waals surface area contributed by atoms with Crippen LogP contribution < -0.4 is 5.32 Å². The lowest BCUT2D eigenvalue weighted by Gasteiger charge is -2.21. The van der Waals surface area contributed by atoms with E-state index in [0.717, 1.165) is 17.4 Å². The molecule has 2 bridgehead atoms. The van der Waals surface area contributed by atoms with Crippen molar-refractivity contribution in [2.75, 3.05) is 5.32 Å². The van der Waals surface area contributed by atoms with E-state index in [1.807, 2.05) is 0 Å². The van der Waals surface area contributed by atoms with Crippen LogP contribution in [0.2, 0.25) is 0 Å². The van der Waals surface area contributed by atoms with Crippen LogP contribution in [0.15, 0.2) is 18.5 Å². The Labute approximate surface area is 113 Å². The first kappa shape index (κ1) is 12.6. The summed E-state index contributed by atoms with van der Waals surface area (Å²) in [5, 5.41) is 12.1. The van der Waals surface area contributed by atoms with E-state index in [9.17, 15) is 9.90 Å². The van der Waals surface area contributed by atoms with Gasteiger partial charge < -0.3 is 10.4 Å². The smallest absolute Gasteiger partial charge is 0.224 e. The Kier molecular flexibility index (Phi) is 3.51. The van der Waals surface area contributed by atoms with E-state index in [-0.39, 0.29) is 12.5 Å². The molecule has 102 valence electrons. The molecule has 2 aliphatic rings. The van der Waals surface area contributed by atoms with Crippen molar-refractivity contribution in [3.63, 3.8) is 0 Å². The number of nitrogens with zero attached hydrogens (tertiary/aromatic N) is 1. The zero-order valence-corrected chi connectivity index (χ0v) is 11.0. The first-order valence-electron chi connectivity index (χ1n) is 7.10. The van der Waals surface area contributed by atoms with Gasteiger partial charge in [0.1, 0.15) is 0 Å². The number of anilines is 1. The van der Waals surface area contributed by atoms with Crippen LogP contribution in [0.25, 0.3) is 0 Å². The van der Waals surface area contributed by atoms with Crippen LogP contribution in [0.5, 0.6) is 0 Å². The minimum atomic E-state index is -0.0771. The number of carbonyl (C=O) groups excluding carboxylic acids is 1. The third-order valence-electron chi connectivity index (χ3n) is 4.69. The largest absolute Gasteiger partial charge is 0.392 e. The lowest BCUT2D eigenvalue weighted by atomic mass is 9.86. The van der Waals surface area contributed by atoms with Gasteiger partial charge in [-0.2, -0.15) is 0 Å². The molecule has 4 heteroatoms. The number of rotatable bonds is 4. The third kappa shape index (κ3) is 2.63. The molecule has 3 atom stereocenters. The number of carbonyl (C=O) groups is 1. The van der Waals surface area contributed by atoms with Crippen LogP contribution in [0.3, 0.4) is 0 Å². The standard InChI is InChI=1S/C15H20N2O2/c18-9-12-3-4-16-8-14(12)17-15(19)7-13-6-10-1-2-11(13)5-10/h3-4,8,10-11,13,18H,1-2,5-7,9H2,(H,17,19). The average Bonchev–Trinajstić information content (AvgIpc) is 3.01. The van der Waals surface area contributed by atoms with Gasteiger partial charge in [0, 0.05) is 18.2 Å². The summed E-state index contributed by atoms with van der Waals surface area (Å²) in [5.74, 6) is 2.25. The number of aliphatic hydroxyl groups excluding tert-OH is 1. The van der Waals surface area contributed by atoms with Crippen molar-refractivity contribution in [3.05, 3.63) is 24.0 Å². The number of hydrogen-bond donors (Lipinski definition) is 2. The van der Waals surface area contributed by atoms with Crippen LogP contribution in [0.1, 0.15) is 37.7 Å². The Balaban J connectivity index is 1.59. The fourth-order valence-corrected chi connectivity index (χ4v) is 3.74. The third-order valence-corrected chi connectivity index (χ3v) is 4.69. The van der Waals surface area contributed by atoms with E-state index in [1.54, 1.807) is 18.5 Å². The van der Waals surface area contributed by atoms with Gasteiger partial charge in [0.15, 0.2) is 0 Å². The first-order chi connectivity index (χ1) is 9.26. The van der Waals surface area contributed by atoms with Crippen LogP contribution in [0.4, 0.5) is 5.69 Å². The number of nitrogens with one attached hydrogen (secondary N) is 1. The van der Waals surface area contributed by atoms with Crippen molar-refractivity contribution < 1.29 is 9.90 Å². The van der Waals surface area contributed by atoms with Gasteiger partial charge >= 0.3 is 0 Å². The molecule has 1 amide bonds. The quantitative estimate of drug-likeness (QED) is 0.873. The highest BCUT2D eigenvalue weighted by molar-refractivity contribution is 5.91. The van der Waals surface area contributed by atoms with Gasteiger partial charge in [-0.05, 0) is 43.1 Å². The average molecular weight is 260 g/mol. The van der Waals surface area contributed by atoms with Crippen LogP contribution in [-0.2, 0) is 11.4 Å². The molecular weight excluding hydrogens is 240 g/mol. The summed E-state index contributed by atoms with van der Waals surface area (Å²) in [7, 11) is 0. The maximum absolute atomic E-state index is 12.1. The molecule has 2 N–H and O–H groups in total. The second kappa shape index (κ2) is 5.29. The number of hydrogen-bond acceptors (Lipinski definition) is 3. The second-order valence-electron chi connectivity index (χ2n) is 5.88. The van der Waals surface area contributed by atoms with E-state index >= 15 is 0 Å². The van der Waals surface area contributed by atoms with Gasteiger partial charge in [-0.1, -0.05) is 6.42 Å². The second-order valence-corrected chi connectivity index (χ2v) is 5.88. The number of pyridine rings is 1. The molecule has 3 unspecified atom stereocenters. The molecule has 4 nitrogen and oxygen atoms in total. The lowest BCUT2D eigenvalue weighted by Crippen LogP contribution is -2.21. The molecule has 2 fully saturated rings. The number of aromatic nitrogens is 1. The van der Waals surface area contributed by atoms with Crippen LogP contribution >= 0.6 is 0 Å². The summed E-state index contributed by atoms with van der Waals surface area (Å²) < 4.78 is 0. The van der Waals surface area contributed by atoms with E-state index in [0.29, 0.717) is 18.0 Å². The molecule has 1 aromatic heterocycles. The highest BCUT2D eigenvalue weighted by Crippen LogP contribution is 2.49. The highest BCUT2D eigenvalue weighted by atomic mass is 16.3.